The van der Waals surface area contributed by atoms with E-state index >= 15 is 0 Å². The number of para-hydroxylation sites is 2. The molecule has 0 aliphatic heterocycles. The lowest BCUT2D eigenvalue weighted by molar-refractivity contribution is -0.116. The summed E-state index contributed by atoms with van der Waals surface area (Å²) < 4.78 is 29.6. The SMILES string of the molecule is O=C(CC(NC(=O)c1ccccc1)c1ccccc1)Nc1ccccc1OC(F)F. The molecule has 0 aromatic heterocycles. The fourth-order valence-electron chi connectivity index (χ4n) is 2.92. The van der Waals surface area contributed by atoms with Gasteiger partial charge >= 0.3 is 6.61 Å². The first-order valence-electron chi connectivity index (χ1n) is 9.27. The second kappa shape index (κ2) is 10.2. The number of benzene rings is 3. The van der Waals surface area contributed by atoms with Crippen LogP contribution in [0, 0.1) is 0 Å². The van der Waals surface area contributed by atoms with Gasteiger partial charge in [0.25, 0.3) is 5.91 Å². The molecule has 1 atom stereocenters. The Bertz CT molecular complexity index is 982. The van der Waals surface area contributed by atoms with Gasteiger partial charge in [0.15, 0.2) is 0 Å². The van der Waals surface area contributed by atoms with Gasteiger partial charge in [-0.3, -0.25) is 9.59 Å². The highest BCUT2D eigenvalue weighted by atomic mass is 19.3. The molecule has 0 saturated carbocycles. The maximum atomic E-state index is 12.6. The summed E-state index contributed by atoms with van der Waals surface area (Å²) in [5.74, 6) is -0.911. The van der Waals surface area contributed by atoms with E-state index in [-0.39, 0.29) is 23.8 Å². The van der Waals surface area contributed by atoms with Crippen LogP contribution in [0.5, 0.6) is 5.75 Å². The van der Waals surface area contributed by atoms with Crippen molar-refractivity contribution < 1.29 is 23.1 Å². The van der Waals surface area contributed by atoms with Crippen molar-refractivity contribution in [1.82, 2.24) is 5.32 Å². The van der Waals surface area contributed by atoms with Crippen LogP contribution in [0.4, 0.5) is 14.5 Å². The van der Waals surface area contributed by atoms with Crippen molar-refractivity contribution >= 4 is 17.5 Å². The topological polar surface area (TPSA) is 67.4 Å². The molecule has 0 aliphatic rings. The first kappa shape index (κ1) is 21.0. The largest absolute Gasteiger partial charge is 0.433 e. The fraction of sp³-hybridized carbons (Fsp3) is 0.130. The van der Waals surface area contributed by atoms with Crippen molar-refractivity contribution in [2.45, 2.75) is 19.1 Å². The first-order valence-corrected chi connectivity index (χ1v) is 9.27. The average Bonchev–Trinajstić information content (AvgIpc) is 2.75. The third kappa shape index (κ3) is 5.88. The predicted octanol–water partition coefficient (Wildman–Crippen LogP) is 4.79. The molecule has 5 nitrogen and oxygen atoms in total. The monoisotopic (exact) mass is 410 g/mol. The number of halogens is 2. The zero-order valence-corrected chi connectivity index (χ0v) is 15.9. The molecule has 0 bridgehead atoms. The van der Waals surface area contributed by atoms with E-state index in [4.69, 9.17) is 0 Å². The standard InChI is InChI=1S/C23H20F2N2O3/c24-23(25)30-20-14-8-7-13-18(20)26-21(28)15-19(16-9-3-1-4-10-16)27-22(29)17-11-5-2-6-12-17/h1-14,19,23H,15H2,(H,26,28)(H,27,29). The van der Waals surface area contributed by atoms with Crippen molar-refractivity contribution in [1.29, 1.82) is 0 Å². The van der Waals surface area contributed by atoms with Gasteiger partial charge in [0.2, 0.25) is 5.91 Å². The molecule has 0 heterocycles. The summed E-state index contributed by atoms with van der Waals surface area (Å²) >= 11 is 0. The average molecular weight is 410 g/mol. The minimum absolute atomic E-state index is 0.0917. The summed E-state index contributed by atoms with van der Waals surface area (Å²) in [7, 11) is 0. The zero-order chi connectivity index (χ0) is 21.3. The number of alkyl halides is 2. The van der Waals surface area contributed by atoms with Gasteiger partial charge in [-0.2, -0.15) is 8.78 Å². The highest BCUT2D eigenvalue weighted by molar-refractivity contribution is 5.96. The van der Waals surface area contributed by atoms with E-state index in [1.807, 2.05) is 6.07 Å². The highest BCUT2D eigenvalue weighted by Gasteiger charge is 2.20. The number of nitrogens with one attached hydrogen (secondary N) is 2. The smallest absolute Gasteiger partial charge is 0.387 e. The fourth-order valence-corrected chi connectivity index (χ4v) is 2.92. The van der Waals surface area contributed by atoms with Gasteiger partial charge in [-0.1, -0.05) is 60.7 Å². The molecule has 0 radical (unpaired) electrons. The minimum Gasteiger partial charge on any atom is -0.433 e. The molecule has 2 N–H and O–H groups in total. The summed E-state index contributed by atoms with van der Waals surface area (Å²) in [5.41, 5.74) is 1.34. The molecule has 0 saturated heterocycles. The van der Waals surface area contributed by atoms with Crippen molar-refractivity contribution in [3.63, 3.8) is 0 Å². The van der Waals surface area contributed by atoms with E-state index in [2.05, 4.69) is 15.4 Å². The molecule has 0 fully saturated rings. The molecule has 1 unspecified atom stereocenters. The summed E-state index contributed by atoms with van der Waals surface area (Å²) in [6.45, 7) is -3.01. The Morgan fingerprint density at radius 1 is 0.833 bits per heavy atom. The number of ether oxygens (including phenoxy) is 1. The van der Waals surface area contributed by atoms with Crippen molar-refractivity contribution in [2.75, 3.05) is 5.32 Å². The summed E-state index contributed by atoms with van der Waals surface area (Å²) in [5, 5.41) is 5.44. The Balaban J connectivity index is 1.75. The summed E-state index contributed by atoms with van der Waals surface area (Å²) in [6, 6.07) is 23.0. The van der Waals surface area contributed by atoms with Crippen molar-refractivity contribution in [2.24, 2.45) is 0 Å². The molecule has 30 heavy (non-hydrogen) atoms. The van der Waals surface area contributed by atoms with Crippen LogP contribution in [0.2, 0.25) is 0 Å². The molecule has 2 amide bonds. The van der Waals surface area contributed by atoms with Gasteiger partial charge in [-0.05, 0) is 29.8 Å². The Morgan fingerprint density at radius 3 is 2.10 bits per heavy atom. The van der Waals surface area contributed by atoms with E-state index in [1.165, 1.54) is 18.2 Å². The lowest BCUT2D eigenvalue weighted by Gasteiger charge is -2.20. The molecule has 3 aromatic carbocycles. The number of rotatable bonds is 8. The number of anilines is 1. The second-order valence-corrected chi connectivity index (χ2v) is 6.43. The molecule has 3 aromatic rings. The number of hydrogen-bond donors (Lipinski definition) is 2. The number of amides is 2. The van der Waals surface area contributed by atoms with E-state index in [9.17, 15) is 18.4 Å². The van der Waals surface area contributed by atoms with Gasteiger partial charge in [-0.15, -0.1) is 0 Å². The third-order valence-electron chi connectivity index (χ3n) is 4.31. The molecule has 0 aliphatic carbocycles. The van der Waals surface area contributed by atoms with Gasteiger partial charge < -0.3 is 15.4 Å². The molecule has 0 spiro atoms. The molecular weight excluding hydrogens is 390 g/mol. The van der Waals surface area contributed by atoms with Crippen molar-refractivity contribution in [3.8, 4) is 5.75 Å². The predicted molar refractivity (Wildman–Crippen MR) is 109 cm³/mol. The van der Waals surface area contributed by atoms with Crippen LogP contribution in [0.25, 0.3) is 0 Å². The molecular formula is C23H20F2N2O3. The Morgan fingerprint density at radius 2 is 1.43 bits per heavy atom. The summed E-state index contributed by atoms with van der Waals surface area (Å²) in [6.07, 6.45) is -0.0917. The van der Waals surface area contributed by atoms with Gasteiger partial charge in [0, 0.05) is 5.56 Å². The zero-order valence-electron chi connectivity index (χ0n) is 15.9. The van der Waals surface area contributed by atoms with Crippen LogP contribution in [0.3, 0.4) is 0 Å². The number of carbonyl (C=O) groups excluding carboxylic acids is 2. The van der Waals surface area contributed by atoms with Gasteiger partial charge in [0.1, 0.15) is 5.75 Å². The van der Waals surface area contributed by atoms with Crippen LogP contribution in [-0.4, -0.2) is 18.4 Å². The van der Waals surface area contributed by atoms with E-state index in [1.54, 1.807) is 60.7 Å². The lowest BCUT2D eigenvalue weighted by Crippen LogP contribution is -2.31. The quantitative estimate of drug-likeness (QED) is 0.561. The molecule has 7 heteroatoms. The minimum atomic E-state index is -3.01. The number of hydrogen-bond acceptors (Lipinski definition) is 3. The molecule has 3 rings (SSSR count). The van der Waals surface area contributed by atoms with Crippen molar-refractivity contribution in [3.05, 3.63) is 96.1 Å². The Kier molecular flexibility index (Phi) is 7.10. The maximum absolute atomic E-state index is 12.6. The van der Waals surface area contributed by atoms with Crippen LogP contribution in [-0.2, 0) is 4.79 Å². The van der Waals surface area contributed by atoms with Crippen LogP contribution >= 0.6 is 0 Å². The number of carbonyl (C=O) groups is 2. The highest BCUT2D eigenvalue weighted by Crippen LogP contribution is 2.26. The van der Waals surface area contributed by atoms with E-state index < -0.39 is 18.6 Å². The summed E-state index contributed by atoms with van der Waals surface area (Å²) in [4.78, 5) is 25.2. The van der Waals surface area contributed by atoms with Gasteiger partial charge in [-0.25, -0.2) is 0 Å². The van der Waals surface area contributed by atoms with Crippen LogP contribution < -0.4 is 15.4 Å². The Hall–Kier alpha value is -3.74. The molecule has 154 valence electrons. The van der Waals surface area contributed by atoms with E-state index in [0.29, 0.717) is 5.56 Å². The third-order valence-corrected chi connectivity index (χ3v) is 4.31. The van der Waals surface area contributed by atoms with E-state index in [0.717, 1.165) is 5.56 Å². The Labute approximate surface area is 172 Å². The maximum Gasteiger partial charge on any atom is 0.387 e. The van der Waals surface area contributed by atoms with Crippen LogP contribution in [0.1, 0.15) is 28.4 Å². The lowest BCUT2D eigenvalue weighted by atomic mass is 10.0. The normalized spacial score (nSPS) is 11.6. The second-order valence-electron chi connectivity index (χ2n) is 6.43. The van der Waals surface area contributed by atoms with Crippen LogP contribution in [0.15, 0.2) is 84.9 Å². The first-order chi connectivity index (χ1) is 14.5. The van der Waals surface area contributed by atoms with Gasteiger partial charge in [0.05, 0.1) is 18.2 Å².